The molecule has 0 radical (unpaired) electrons. The van der Waals surface area contributed by atoms with Crippen LogP contribution in [0.5, 0.6) is 0 Å². The van der Waals surface area contributed by atoms with Crippen LogP contribution in [0.25, 0.3) is 0 Å². The molecule has 2 rings (SSSR count). The van der Waals surface area contributed by atoms with Gasteiger partial charge in [0.2, 0.25) is 0 Å². The van der Waals surface area contributed by atoms with Crippen molar-refractivity contribution in [3.63, 3.8) is 0 Å². The molecular weight excluding hydrogens is 186 g/mol. The molecule has 1 fully saturated rings. The summed E-state index contributed by atoms with van der Waals surface area (Å²) in [7, 11) is 0. The van der Waals surface area contributed by atoms with Gasteiger partial charge >= 0.3 is 0 Å². The molecule has 1 aliphatic carbocycles. The fourth-order valence-corrected chi connectivity index (χ4v) is 2.64. The molecule has 2 nitrogen and oxygen atoms in total. The molecule has 15 heavy (non-hydrogen) atoms. The molecule has 1 saturated heterocycles. The standard InChI is InChI=1S/C13H23NO/c1-11(10-13-8-5-9-15-13)14-12-6-3-2-4-7-12/h2-3,11-14H,4-10H2,1H3. The second kappa shape index (κ2) is 5.66. The Bertz CT molecular complexity index is 209. The zero-order chi connectivity index (χ0) is 10.5. The molecule has 0 saturated carbocycles. The van der Waals surface area contributed by atoms with Crippen molar-refractivity contribution < 1.29 is 4.74 Å². The van der Waals surface area contributed by atoms with Crippen LogP contribution in [-0.2, 0) is 4.74 Å². The topological polar surface area (TPSA) is 21.3 Å². The summed E-state index contributed by atoms with van der Waals surface area (Å²) in [6.07, 6.45) is 12.6. The van der Waals surface area contributed by atoms with Gasteiger partial charge in [-0.05, 0) is 45.4 Å². The highest BCUT2D eigenvalue weighted by molar-refractivity contribution is 4.93. The van der Waals surface area contributed by atoms with E-state index in [1.54, 1.807) is 0 Å². The number of hydrogen-bond acceptors (Lipinski definition) is 2. The summed E-state index contributed by atoms with van der Waals surface area (Å²) in [6.45, 7) is 3.27. The maximum absolute atomic E-state index is 5.66. The fourth-order valence-electron chi connectivity index (χ4n) is 2.64. The number of ether oxygens (including phenoxy) is 1. The lowest BCUT2D eigenvalue weighted by atomic mass is 10.00. The molecule has 3 atom stereocenters. The van der Waals surface area contributed by atoms with E-state index in [2.05, 4.69) is 24.4 Å². The minimum absolute atomic E-state index is 0.520. The summed E-state index contributed by atoms with van der Waals surface area (Å²) in [5, 5.41) is 3.71. The van der Waals surface area contributed by atoms with Crippen LogP contribution in [0.15, 0.2) is 12.2 Å². The smallest absolute Gasteiger partial charge is 0.0590 e. The first-order chi connectivity index (χ1) is 7.34. The molecule has 1 aliphatic heterocycles. The number of hydrogen-bond donors (Lipinski definition) is 1. The van der Waals surface area contributed by atoms with Crippen molar-refractivity contribution in [2.24, 2.45) is 0 Å². The van der Waals surface area contributed by atoms with Crippen LogP contribution < -0.4 is 5.32 Å². The molecule has 1 N–H and O–H groups in total. The molecule has 0 amide bonds. The summed E-state index contributed by atoms with van der Waals surface area (Å²) < 4.78 is 5.66. The van der Waals surface area contributed by atoms with Crippen molar-refractivity contribution in [1.82, 2.24) is 5.32 Å². The monoisotopic (exact) mass is 209 g/mol. The Morgan fingerprint density at radius 2 is 2.33 bits per heavy atom. The first-order valence-corrected chi connectivity index (χ1v) is 6.37. The van der Waals surface area contributed by atoms with Gasteiger partial charge in [-0.15, -0.1) is 0 Å². The minimum Gasteiger partial charge on any atom is -0.378 e. The van der Waals surface area contributed by atoms with Gasteiger partial charge in [0.1, 0.15) is 0 Å². The van der Waals surface area contributed by atoms with Gasteiger partial charge in [0, 0.05) is 18.7 Å². The quantitative estimate of drug-likeness (QED) is 0.719. The van der Waals surface area contributed by atoms with Crippen molar-refractivity contribution in [3.8, 4) is 0 Å². The van der Waals surface area contributed by atoms with E-state index in [1.165, 1.54) is 38.5 Å². The van der Waals surface area contributed by atoms with Crippen molar-refractivity contribution >= 4 is 0 Å². The zero-order valence-electron chi connectivity index (χ0n) is 9.74. The maximum atomic E-state index is 5.66. The van der Waals surface area contributed by atoms with Gasteiger partial charge < -0.3 is 10.1 Å². The predicted octanol–water partition coefficient (Wildman–Crippen LogP) is 2.64. The summed E-state index contributed by atoms with van der Waals surface area (Å²) in [5.41, 5.74) is 0. The highest BCUT2D eigenvalue weighted by Crippen LogP contribution is 2.18. The Morgan fingerprint density at radius 3 is 3.00 bits per heavy atom. The first-order valence-electron chi connectivity index (χ1n) is 6.37. The average Bonchev–Trinajstić information content (AvgIpc) is 2.71. The van der Waals surface area contributed by atoms with Gasteiger partial charge in [0.15, 0.2) is 0 Å². The van der Waals surface area contributed by atoms with Crippen LogP contribution in [0.1, 0.15) is 45.4 Å². The zero-order valence-corrected chi connectivity index (χ0v) is 9.74. The van der Waals surface area contributed by atoms with E-state index >= 15 is 0 Å². The Labute approximate surface area is 93.1 Å². The van der Waals surface area contributed by atoms with Crippen LogP contribution >= 0.6 is 0 Å². The van der Waals surface area contributed by atoms with Crippen molar-refractivity contribution in [1.29, 1.82) is 0 Å². The molecule has 3 unspecified atom stereocenters. The van der Waals surface area contributed by atoms with Crippen LogP contribution in [-0.4, -0.2) is 24.8 Å². The lowest BCUT2D eigenvalue weighted by Gasteiger charge is -2.25. The third-order valence-electron chi connectivity index (χ3n) is 3.43. The van der Waals surface area contributed by atoms with E-state index in [0.29, 0.717) is 18.2 Å². The van der Waals surface area contributed by atoms with Gasteiger partial charge in [0.05, 0.1) is 6.10 Å². The second-order valence-electron chi connectivity index (χ2n) is 4.92. The van der Waals surface area contributed by atoms with Gasteiger partial charge in [0.25, 0.3) is 0 Å². The molecule has 2 heteroatoms. The van der Waals surface area contributed by atoms with Crippen LogP contribution in [0.4, 0.5) is 0 Å². The molecule has 2 aliphatic rings. The van der Waals surface area contributed by atoms with Gasteiger partial charge in [-0.2, -0.15) is 0 Å². The third-order valence-corrected chi connectivity index (χ3v) is 3.43. The summed E-state index contributed by atoms with van der Waals surface area (Å²) in [5.74, 6) is 0. The molecule has 0 spiro atoms. The van der Waals surface area contributed by atoms with Gasteiger partial charge in [-0.3, -0.25) is 0 Å². The van der Waals surface area contributed by atoms with Crippen molar-refractivity contribution in [3.05, 3.63) is 12.2 Å². The third kappa shape index (κ3) is 3.62. The SMILES string of the molecule is CC(CC1CCCO1)NC1CC=CCC1. The Hall–Kier alpha value is -0.340. The van der Waals surface area contributed by atoms with Crippen LogP contribution in [0.2, 0.25) is 0 Å². The first kappa shape index (κ1) is 11.2. The minimum atomic E-state index is 0.520. The van der Waals surface area contributed by atoms with E-state index in [4.69, 9.17) is 4.74 Å². The van der Waals surface area contributed by atoms with E-state index in [1.807, 2.05) is 0 Å². The second-order valence-corrected chi connectivity index (χ2v) is 4.92. The highest BCUT2D eigenvalue weighted by atomic mass is 16.5. The highest BCUT2D eigenvalue weighted by Gasteiger charge is 2.20. The fraction of sp³-hybridized carbons (Fsp3) is 0.846. The molecular formula is C13H23NO. The van der Waals surface area contributed by atoms with E-state index < -0.39 is 0 Å². The van der Waals surface area contributed by atoms with Gasteiger partial charge in [-0.1, -0.05) is 12.2 Å². The molecule has 0 aromatic rings. The van der Waals surface area contributed by atoms with Crippen LogP contribution in [0, 0.1) is 0 Å². The van der Waals surface area contributed by atoms with E-state index in [-0.39, 0.29) is 0 Å². The molecule has 86 valence electrons. The number of rotatable bonds is 4. The summed E-state index contributed by atoms with van der Waals surface area (Å²) in [6, 6.07) is 1.30. The Kier molecular flexibility index (Phi) is 4.21. The molecule has 0 aromatic heterocycles. The largest absolute Gasteiger partial charge is 0.378 e. The van der Waals surface area contributed by atoms with Crippen LogP contribution in [0.3, 0.4) is 0 Å². The predicted molar refractivity (Wildman–Crippen MR) is 63.0 cm³/mol. The normalized spacial score (nSPS) is 33.1. The lowest BCUT2D eigenvalue weighted by Crippen LogP contribution is -2.38. The Balaban J connectivity index is 1.66. The number of allylic oxidation sites excluding steroid dienone is 1. The lowest BCUT2D eigenvalue weighted by molar-refractivity contribution is 0.0948. The molecule has 0 aromatic carbocycles. The van der Waals surface area contributed by atoms with E-state index in [0.717, 1.165) is 6.61 Å². The maximum Gasteiger partial charge on any atom is 0.0590 e. The summed E-state index contributed by atoms with van der Waals surface area (Å²) in [4.78, 5) is 0. The molecule has 1 heterocycles. The Morgan fingerprint density at radius 1 is 1.40 bits per heavy atom. The summed E-state index contributed by atoms with van der Waals surface area (Å²) >= 11 is 0. The van der Waals surface area contributed by atoms with E-state index in [9.17, 15) is 0 Å². The number of nitrogens with one attached hydrogen (secondary N) is 1. The van der Waals surface area contributed by atoms with Crippen molar-refractivity contribution in [2.75, 3.05) is 6.61 Å². The van der Waals surface area contributed by atoms with Gasteiger partial charge in [-0.25, -0.2) is 0 Å². The molecule has 0 bridgehead atoms. The van der Waals surface area contributed by atoms with Crippen molar-refractivity contribution in [2.45, 2.75) is 63.6 Å². The average molecular weight is 209 g/mol.